The second-order valence-electron chi connectivity index (χ2n) is 4.11. The smallest absolute Gasteiger partial charge is 0.342 e. The second-order valence-corrected chi connectivity index (χ2v) is 4.11. The van der Waals surface area contributed by atoms with Crippen LogP contribution in [0.25, 0.3) is 0 Å². The number of methoxy groups -OCH3 is 1. The van der Waals surface area contributed by atoms with Gasteiger partial charge in [0.15, 0.2) is 0 Å². The number of aromatic hydroxyl groups is 1. The molecule has 0 saturated heterocycles. The lowest BCUT2D eigenvalue weighted by atomic mass is 10.2. The normalized spacial score (nSPS) is 10.7. The van der Waals surface area contributed by atoms with E-state index in [1.807, 2.05) is 0 Å². The fraction of sp³-hybridized carbons (Fsp3) is 0.400. The van der Waals surface area contributed by atoms with Gasteiger partial charge in [-0.15, -0.1) is 0 Å². The SMILES string of the molecule is CCOC(=O)C(N=Cc1cc(OC)ccc1O)C(=O)OCC. The number of rotatable bonds is 7. The van der Waals surface area contributed by atoms with E-state index in [0.29, 0.717) is 11.3 Å². The van der Waals surface area contributed by atoms with Gasteiger partial charge in [0.05, 0.1) is 20.3 Å². The summed E-state index contributed by atoms with van der Waals surface area (Å²) in [6.45, 7) is 3.48. The van der Waals surface area contributed by atoms with E-state index >= 15 is 0 Å². The Morgan fingerprint density at radius 3 is 2.32 bits per heavy atom. The molecule has 0 heterocycles. The molecule has 0 saturated carbocycles. The van der Waals surface area contributed by atoms with Gasteiger partial charge in [0.2, 0.25) is 6.04 Å². The summed E-state index contributed by atoms with van der Waals surface area (Å²) in [5.74, 6) is -1.17. The minimum absolute atomic E-state index is 0.0592. The van der Waals surface area contributed by atoms with Crippen molar-refractivity contribution in [3.05, 3.63) is 23.8 Å². The first kappa shape index (κ1) is 17.5. The predicted octanol–water partition coefficient (Wildman–Crippen LogP) is 1.31. The topological polar surface area (TPSA) is 94.4 Å². The Hall–Kier alpha value is -2.57. The van der Waals surface area contributed by atoms with Crippen LogP contribution < -0.4 is 4.74 Å². The average molecular weight is 309 g/mol. The van der Waals surface area contributed by atoms with E-state index < -0.39 is 18.0 Å². The third kappa shape index (κ3) is 4.76. The van der Waals surface area contributed by atoms with Crippen molar-refractivity contribution in [1.82, 2.24) is 0 Å². The molecule has 0 aliphatic carbocycles. The van der Waals surface area contributed by atoms with Gasteiger partial charge >= 0.3 is 11.9 Å². The van der Waals surface area contributed by atoms with Gasteiger partial charge in [-0.25, -0.2) is 9.59 Å². The van der Waals surface area contributed by atoms with Gasteiger partial charge in [0.25, 0.3) is 0 Å². The zero-order chi connectivity index (χ0) is 16.5. The molecule has 7 nitrogen and oxygen atoms in total. The predicted molar refractivity (Wildman–Crippen MR) is 79.3 cm³/mol. The maximum atomic E-state index is 11.8. The molecule has 0 unspecified atom stereocenters. The summed E-state index contributed by atoms with van der Waals surface area (Å²) in [6, 6.07) is 3.09. The van der Waals surface area contributed by atoms with E-state index in [1.165, 1.54) is 25.5 Å². The van der Waals surface area contributed by atoms with Crippen molar-refractivity contribution in [3.8, 4) is 11.5 Å². The molecule has 22 heavy (non-hydrogen) atoms. The van der Waals surface area contributed by atoms with E-state index in [9.17, 15) is 14.7 Å². The first-order chi connectivity index (χ1) is 10.5. The lowest BCUT2D eigenvalue weighted by molar-refractivity contribution is -0.156. The molecule has 120 valence electrons. The van der Waals surface area contributed by atoms with Crippen molar-refractivity contribution >= 4 is 18.2 Å². The van der Waals surface area contributed by atoms with Gasteiger partial charge in [-0.2, -0.15) is 0 Å². The quantitative estimate of drug-likeness (QED) is 0.464. The number of aliphatic imine (C=N–C) groups is 1. The van der Waals surface area contributed by atoms with Crippen LogP contribution in [-0.4, -0.2) is 49.6 Å². The average Bonchev–Trinajstić information content (AvgIpc) is 2.49. The zero-order valence-electron chi connectivity index (χ0n) is 12.7. The van der Waals surface area contributed by atoms with Crippen molar-refractivity contribution in [2.75, 3.05) is 20.3 Å². The first-order valence-corrected chi connectivity index (χ1v) is 6.76. The molecule has 1 aromatic rings. The first-order valence-electron chi connectivity index (χ1n) is 6.76. The van der Waals surface area contributed by atoms with Crippen molar-refractivity contribution in [1.29, 1.82) is 0 Å². The molecule has 7 heteroatoms. The van der Waals surface area contributed by atoms with Crippen LogP contribution in [0.5, 0.6) is 11.5 Å². The van der Waals surface area contributed by atoms with E-state index in [4.69, 9.17) is 14.2 Å². The van der Waals surface area contributed by atoms with Crippen molar-refractivity contribution in [2.24, 2.45) is 4.99 Å². The number of carbonyl (C=O) groups is 2. The van der Waals surface area contributed by atoms with E-state index in [2.05, 4.69) is 4.99 Å². The Balaban J connectivity index is 3.02. The summed E-state index contributed by atoms with van der Waals surface area (Å²) >= 11 is 0. The molecule has 0 aromatic heterocycles. The standard InChI is InChI=1S/C15H19NO6/c1-4-21-14(18)13(15(19)22-5-2)16-9-10-8-11(20-3)6-7-12(10)17/h6-9,13,17H,4-5H2,1-3H3. The number of nitrogens with zero attached hydrogens (tertiary/aromatic N) is 1. The highest BCUT2D eigenvalue weighted by molar-refractivity contribution is 6.01. The third-order valence-electron chi connectivity index (χ3n) is 2.62. The van der Waals surface area contributed by atoms with Gasteiger partial charge in [-0.1, -0.05) is 0 Å². The van der Waals surface area contributed by atoms with Crippen LogP contribution in [0.1, 0.15) is 19.4 Å². The molecular formula is C15H19NO6. The van der Waals surface area contributed by atoms with Gasteiger partial charge < -0.3 is 19.3 Å². The summed E-state index contributed by atoms with van der Waals surface area (Å²) in [5.41, 5.74) is 0.304. The molecule has 0 bridgehead atoms. The third-order valence-corrected chi connectivity index (χ3v) is 2.62. The minimum atomic E-state index is -1.43. The zero-order valence-corrected chi connectivity index (χ0v) is 12.7. The Morgan fingerprint density at radius 1 is 1.23 bits per heavy atom. The molecule has 1 rings (SSSR count). The summed E-state index contributed by atoms with van der Waals surface area (Å²) in [5, 5.41) is 9.75. The van der Waals surface area contributed by atoms with Crippen LogP contribution >= 0.6 is 0 Å². The fourth-order valence-electron chi connectivity index (χ4n) is 1.58. The molecule has 0 aliphatic heterocycles. The Morgan fingerprint density at radius 2 is 1.82 bits per heavy atom. The summed E-state index contributed by atoms with van der Waals surface area (Å²) in [6.07, 6.45) is 1.20. The van der Waals surface area contributed by atoms with Crippen LogP contribution in [-0.2, 0) is 19.1 Å². The lowest BCUT2D eigenvalue weighted by Gasteiger charge is -2.10. The number of hydrogen-bond acceptors (Lipinski definition) is 7. The van der Waals surface area contributed by atoms with Crippen molar-refractivity contribution in [2.45, 2.75) is 19.9 Å². The van der Waals surface area contributed by atoms with Crippen LogP contribution in [0.4, 0.5) is 0 Å². The minimum Gasteiger partial charge on any atom is -0.507 e. The van der Waals surface area contributed by atoms with Crippen LogP contribution in [0, 0.1) is 0 Å². The Bertz CT molecular complexity index is 537. The van der Waals surface area contributed by atoms with E-state index in [-0.39, 0.29) is 19.0 Å². The molecule has 0 spiro atoms. The molecule has 0 atom stereocenters. The Kier molecular flexibility index (Phi) is 6.88. The molecule has 0 amide bonds. The number of ether oxygens (including phenoxy) is 3. The van der Waals surface area contributed by atoms with Gasteiger partial charge in [0, 0.05) is 11.8 Å². The summed E-state index contributed by atoms with van der Waals surface area (Å²) in [4.78, 5) is 27.4. The molecule has 0 radical (unpaired) electrons. The number of phenols is 1. The van der Waals surface area contributed by atoms with Crippen molar-refractivity contribution in [3.63, 3.8) is 0 Å². The van der Waals surface area contributed by atoms with Gasteiger partial charge in [-0.05, 0) is 32.0 Å². The van der Waals surface area contributed by atoms with Crippen molar-refractivity contribution < 1.29 is 28.9 Å². The molecule has 1 aromatic carbocycles. The molecule has 1 N–H and O–H groups in total. The van der Waals surface area contributed by atoms with Gasteiger partial charge in [0.1, 0.15) is 11.5 Å². The second kappa shape index (κ2) is 8.66. The monoisotopic (exact) mass is 309 g/mol. The molecule has 0 aliphatic rings. The number of benzene rings is 1. The van der Waals surface area contributed by atoms with Crippen LogP contribution in [0.3, 0.4) is 0 Å². The highest BCUT2D eigenvalue weighted by Crippen LogP contribution is 2.21. The highest BCUT2D eigenvalue weighted by Gasteiger charge is 2.28. The fourth-order valence-corrected chi connectivity index (χ4v) is 1.58. The molecular weight excluding hydrogens is 290 g/mol. The largest absolute Gasteiger partial charge is 0.507 e. The highest BCUT2D eigenvalue weighted by atomic mass is 16.6. The van der Waals surface area contributed by atoms with Crippen LogP contribution in [0.2, 0.25) is 0 Å². The maximum Gasteiger partial charge on any atom is 0.342 e. The Labute approximate surface area is 128 Å². The summed E-state index contributed by atoms with van der Waals surface area (Å²) < 4.78 is 14.6. The lowest BCUT2D eigenvalue weighted by Crippen LogP contribution is -2.32. The van der Waals surface area contributed by atoms with Gasteiger partial charge in [-0.3, -0.25) is 4.99 Å². The number of carbonyl (C=O) groups excluding carboxylic acids is 2. The number of phenolic OH excluding ortho intramolecular Hbond substituents is 1. The summed E-state index contributed by atoms with van der Waals surface area (Å²) in [7, 11) is 1.48. The maximum absolute atomic E-state index is 11.8. The number of hydrogen-bond donors (Lipinski definition) is 1. The van der Waals surface area contributed by atoms with E-state index in [1.54, 1.807) is 19.9 Å². The number of esters is 2. The van der Waals surface area contributed by atoms with E-state index in [0.717, 1.165) is 0 Å². The van der Waals surface area contributed by atoms with Crippen LogP contribution in [0.15, 0.2) is 23.2 Å². The molecule has 0 fully saturated rings.